The first-order valence-electron chi connectivity index (χ1n) is 7.37. The molecular formula is C16H17N6NaO2. The van der Waals surface area contributed by atoms with Crippen molar-refractivity contribution in [3.8, 4) is 17.1 Å². The van der Waals surface area contributed by atoms with Gasteiger partial charge in [0.25, 0.3) is 0 Å². The van der Waals surface area contributed by atoms with E-state index in [2.05, 4.69) is 25.6 Å². The SMILES string of the molecule is CC(C)Nc1cc(-n2ccc(-c3ccnnc3)n2)ncc1C(=O)O.[NaH]. The summed E-state index contributed by atoms with van der Waals surface area (Å²) in [6.45, 7) is 3.88. The van der Waals surface area contributed by atoms with Crippen molar-refractivity contribution in [1.82, 2.24) is 25.0 Å². The van der Waals surface area contributed by atoms with E-state index in [-0.39, 0.29) is 41.2 Å². The summed E-state index contributed by atoms with van der Waals surface area (Å²) in [4.78, 5) is 15.5. The molecule has 0 saturated carbocycles. The number of carboxylic acids is 1. The molecule has 3 aromatic heterocycles. The van der Waals surface area contributed by atoms with Crippen molar-refractivity contribution in [3.05, 3.63) is 48.5 Å². The van der Waals surface area contributed by atoms with Crippen LogP contribution in [0.1, 0.15) is 24.2 Å². The molecule has 0 aromatic carbocycles. The van der Waals surface area contributed by atoms with Gasteiger partial charge in [-0.05, 0) is 26.0 Å². The van der Waals surface area contributed by atoms with Gasteiger partial charge in [-0.15, -0.1) is 0 Å². The van der Waals surface area contributed by atoms with Gasteiger partial charge in [0.05, 0.1) is 23.8 Å². The summed E-state index contributed by atoms with van der Waals surface area (Å²) in [7, 11) is 0. The average molecular weight is 348 g/mol. The third-order valence-corrected chi connectivity index (χ3v) is 3.27. The molecule has 0 radical (unpaired) electrons. The van der Waals surface area contributed by atoms with Gasteiger partial charge in [0.15, 0.2) is 5.82 Å². The Bertz CT molecular complexity index is 866. The maximum absolute atomic E-state index is 11.3. The minimum atomic E-state index is -1.03. The fourth-order valence-corrected chi connectivity index (χ4v) is 2.22. The molecular weight excluding hydrogens is 331 g/mol. The number of nitrogens with zero attached hydrogens (tertiary/aromatic N) is 5. The van der Waals surface area contributed by atoms with Gasteiger partial charge >= 0.3 is 35.5 Å². The number of rotatable bonds is 5. The van der Waals surface area contributed by atoms with Gasteiger partial charge in [-0.2, -0.15) is 15.3 Å². The van der Waals surface area contributed by atoms with Crippen molar-refractivity contribution in [3.63, 3.8) is 0 Å². The second-order valence-corrected chi connectivity index (χ2v) is 5.47. The van der Waals surface area contributed by atoms with Crippen LogP contribution in [0.25, 0.3) is 17.1 Å². The summed E-state index contributed by atoms with van der Waals surface area (Å²) in [5.74, 6) is -0.502. The second-order valence-electron chi connectivity index (χ2n) is 5.47. The van der Waals surface area contributed by atoms with E-state index >= 15 is 0 Å². The van der Waals surface area contributed by atoms with Crippen LogP contribution in [0.15, 0.2) is 43.0 Å². The number of nitrogens with one attached hydrogen (secondary N) is 1. The summed E-state index contributed by atoms with van der Waals surface area (Å²) in [6, 6.07) is 5.41. The summed E-state index contributed by atoms with van der Waals surface area (Å²) in [5, 5.41) is 24.4. The van der Waals surface area contributed by atoms with Gasteiger partial charge in [-0.1, -0.05) is 0 Å². The number of hydrogen-bond acceptors (Lipinski definition) is 6. The molecule has 124 valence electrons. The van der Waals surface area contributed by atoms with Crippen LogP contribution in [0.2, 0.25) is 0 Å². The molecule has 3 aromatic rings. The Labute approximate surface area is 166 Å². The molecule has 9 heteroatoms. The molecule has 2 N–H and O–H groups in total. The predicted molar refractivity (Wildman–Crippen MR) is 95.3 cm³/mol. The quantitative estimate of drug-likeness (QED) is 0.675. The van der Waals surface area contributed by atoms with E-state index in [4.69, 9.17) is 0 Å². The molecule has 3 rings (SSSR count). The average Bonchev–Trinajstić information content (AvgIpc) is 3.05. The number of hydrogen-bond donors (Lipinski definition) is 2. The zero-order valence-corrected chi connectivity index (χ0v) is 13.2. The normalized spacial score (nSPS) is 10.4. The zero-order chi connectivity index (χ0) is 17.1. The third kappa shape index (κ3) is 4.41. The van der Waals surface area contributed by atoms with Crippen molar-refractivity contribution in [1.29, 1.82) is 0 Å². The molecule has 0 atom stereocenters. The molecule has 3 heterocycles. The van der Waals surface area contributed by atoms with Gasteiger partial charge < -0.3 is 10.4 Å². The molecule has 0 unspecified atom stereocenters. The van der Waals surface area contributed by atoms with E-state index in [1.807, 2.05) is 26.0 Å². The molecule has 0 spiro atoms. The van der Waals surface area contributed by atoms with Gasteiger partial charge in [0.1, 0.15) is 5.56 Å². The molecule has 0 aliphatic rings. The van der Waals surface area contributed by atoms with Crippen LogP contribution in [0.3, 0.4) is 0 Å². The van der Waals surface area contributed by atoms with Gasteiger partial charge in [-0.25, -0.2) is 14.5 Å². The van der Waals surface area contributed by atoms with E-state index in [0.717, 1.165) is 11.3 Å². The topological polar surface area (TPSA) is 106 Å². The van der Waals surface area contributed by atoms with E-state index < -0.39 is 5.97 Å². The summed E-state index contributed by atoms with van der Waals surface area (Å²) in [6.07, 6.45) is 6.31. The molecule has 0 bridgehead atoms. The third-order valence-electron chi connectivity index (χ3n) is 3.27. The maximum atomic E-state index is 11.3. The first-order valence-corrected chi connectivity index (χ1v) is 7.37. The summed E-state index contributed by atoms with van der Waals surface area (Å²) in [5.41, 5.74) is 2.20. The van der Waals surface area contributed by atoms with E-state index in [9.17, 15) is 9.90 Å². The Balaban J connectivity index is 0.00000225. The van der Waals surface area contributed by atoms with Crippen LogP contribution in [-0.2, 0) is 0 Å². The van der Waals surface area contributed by atoms with Crippen molar-refractivity contribution >= 4 is 41.2 Å². The van der Waals surface area contributed by atoms with Gasteiger partial charge in [0, 0.05) is 30.1 Å². The number of aromatic carboxylic acids is 1. The van der Waals surface area contributed by atoms with Gasteiger partial charge in [0.2, 0.25) is 0 Å². The monoisotopic (exact) mass is 348 g/mol. The Morgan fingerprint density at radius 3 is 2.68 bits per heavy atom. The van der Waals surface area contributed by atoms with Crippen molar-refractivity contribution in [2.45, 2.75) is 19.9 Å². The van der Waals surface area contributed by atoms with E-state index in [0.29, 0.717) is 11.5 Å². The molecule has 0 amide bonds. The van der Waals surface area contributed by atoms with Crippen LogP contribution in [-0.4, -0.2) is 71.6 Å². The summed E-state index contributed by atoms with van der Waals surface area (Å²) < 4.78 is 1.59. The number of anilines is 1. The zero-order valence-electron chi connectivity index (χ0n) is 13.2. The van der Waals surface area contributed by atoms with Crippen molar-refractivity contribution < 1.29 is 9.90 Å². The van der Waals surface area contributed by atoms with Crippen LogP contribution < -0.4 is 5.32 Å². The molecule has 25 heavy (non-hydrogen) atoms. The molecule has 0 saturated heterocycles. The number of carbonyl (C=O) groups is 1. The van der Waals surface area contributed by atoms with Crippen LogP contribution in [0, 0.1) is 0 Å². The minimum absolute atomic E-state index is 0. The standard InChI is InChI=1S/C16H16N6O2.Na.H/c1-10(2)20-14-7-15(17-9-12(14)16(23)24)22-6-4-13(21-22)11-3-5-18-19-8-11;;/h3-10H,1-2H3,(H,17,20)(H,23,24);;. The van der Waals surface area contributed by atoms with E-state index in [1.54, 1.807) is 29.3 Å². The molecule has 0 aliphatic heterocycles. The van der Waals surface area contributed by atoms with E-state index in [1.165, 1.54) is 6.20 Å². The van der Waals surface area contributed by atoms with Crippen molar-refractivity contribution in [2.24, 2.45) is 0 Å². The number of carboxylic acid groups (broad SMARTS) is 1. The Kier molecular flexibility index (Phi) is 6.24. The first-order chi connectivity index (χ1) is 11.5. The second kappa shape index (κ2) is 8.19. The summed E-state index contributed by atoms with van der Waals surface area (Å²) >= 11 is 0. The van der Waals surface area contributed by atoms with Crippen molar-refractivity contribution in [2.75, 3.05) is 5.32 Å². The predicted octanol–water partition coefficient (Wildman–Crippen LogP) is 1.59. The fourth-order valence-electron chi connectivity index (χ4n) is 2.22. The van der Waals surface area contributed by atoms with Crippen LogP contribution in [0.5, 0.6) is 0 Å². The first kappa shape index (κ1) is 19.0. The van der Waals surface area contributed by atoms with Crippen LogP contribution >= 0.6 is 0 Å². The molecule has 8 nitrogen and oxygen atoms in total. The molecule has 0 aliphatic carbocycles. The Hall–Kier alpha value is -2.29. The number of pyridine rings is 1. The van der Waals surface area contributed by atoms with Crippen LogP contribution in [0.4, 0.5) is 5.69 Å². The number of aromatic nitrogens is 5. The Morgan fingerprint density at radius 2 is 2.04 bits per heavy atom. The Morgan fingerprint density at radius 1 is 1.24 bits per heavy atom. The van der Waals surface area contributed by atoms with Gasteiger partial charge in [-0.3, -0.25) is 0 Å². The molecule has 0 fully saturated rings. The fraction of sp³-hybridized carbons (Fsp3) is 0.188.